The Balaban J connectivity index is 2.35. The number of primary sulfonamides is 1. The monoisotopic (exact) mass is 321 g/mol. The third kappa shape index (κ3) is 3.60. The highest BCUT2D eigenvalue weighted by Crippen LogP contribution is 2.37. The van der Waals surface area contributed by atoms with E-state index in [1.165, 1.54) is 18.6 Å². The van der Waals surface area contributed by atoms with Crippen molar-refractivity contribution in [3.8, 4) is 6.07 Å². The van der Waals surface area contributed by atoms with Crippen molar-refractivity contribution >= 4 is 15.7 Å². The molecule has 22 heavy (non-hydrogen) atoms. The average Bonchev–Trinajstić information content (AvgIpc) is 2.45. The molecule has 0 amide bonds. The molecule has 1 fully saturated rings. The zero-order chi connectivity index (χ0) is 16.4. The first-order chi connectivity index (χ1) is 10.3. The van der Waals surface area contributed by atoms with Crippen LogP contribution in [-0.4, -0.2) is 21.5 Å². The predicted octanol–water partition coefficient (Wildman–Crippen LogP) is 2.61. The van der Waals surface area contributed by atoms with E-state index in [0.29, 0.717) is 5.56 Å². The number of sulfonamides is 1. The van der Waals surface area contributed by atoms with Crippen LogP contribution < -0.4 is 10.0 Å². The number of benzene rings is 1. The van der Waals surface area contributed by atoms with Crippen molar-refractivity contribution in [2.24, 2.45) is 10.6 Å². The second-order valence-electron chi connectivity index (χ2n) is 6.42. The maximum Gasteiger partial charge on any atom is 0.238 e. The fourth-order valence-corrected chi connectivity index (χ4v) is 3.93. The minimum absolute atomic E-state index is 0.0128. The number of nitrogens with zero attached hydrogens (tertiary/aromatic N) is 2. The standard InChI is InChI=1S/C16H23N3O2S/c1-3-7-16(2)8-4-9-19(12-16)15-6-5-14(22(18,20)21)10-13(15)11-17/h5-6,10H,3-4,7-9,12H2,1-2H3,(H2,18,20,21). The summed E-state index contributed by atoms with van der Waals surface area (Å²) in [6.07, 6.45) is 4.56. The van der Waals surface area contributed by atoms with Crippen molar-refractivity contribution in [1.82, 2.24) is 0 Å². The van der Waals surface area contributed by atoms with Gasteiger partial charge in [0.15, 0.2) is 0 Å². The van der Waals surface area contributed by atoms with E-state index in [-0.39, 0.29) is 10.3 Å². The molecule has 0 spiro atoms. The van der Waals surface area contributed by atoms with Crippen LogP contribution in [0.5, 0.6) is 0 Å². The van der Waals surface area contributed by atoms with E-state index in [0.717, 1.165) is 38.0 Å². The van der Waals surface area contributed by atoms with Crippen LogP contribution >= 0.6 is 0 Å². The van der Waals surface area contributed by atoms with Crippen molar-refractivity contribution in [3.05, 3.63) is 23.8 Å². The second kappa shape index (κ2) is 6.27. The van der Waals surface area contributed by atoms with Crippen LogP contribution in [0.1, 0.15) is 45.1 Å². The van der Waals surface area contributed by atoms with E-state index in [4.69, 9.17) is 5.14 Å². The molecule has 1 aliphatic rings. The van der Waals surface area contributed by atoms with Crippen LogP contribution in [0.4, 0.5) is 5.69 Å². The predicted molar refractivity (Wildman–Crippen MR) is 87.0 cm³/mol. The Morgan fingerprint density at radius 2 is 2.18 bits per heavy atom. The van der Waals surface area contributed by atoms with E-state index < -0.39 is 10.0 Å². The van der Waals surface area contributed by atoms with E-state index in [1.54, 1.807) is 6.07 Å². The second-order valence-corrected chi connectivity index (χ2v) is 7.98. The highest BCUT2D eigenvalue weighted by atomic mass is 32.2. The van der Waals surface area contributed by atoms with Crippen molar-refractivity contribution in [2.75, 3.05) is 18.0 Å². The normalized spacial score (nSPS) is 22.4. The van der Waals surface area contributed by atoms with Gasteiger partial charge in [-0.1, -0.05) is 20.3 Å². The molecule has 0 bridgehead atoms. The molecule has 6 heteroatoms. The Bertz CT molecular complexity index is 690. The highest BCUT2D eigenvalue weighted by molar-refractivity contribution is 7.89. The lowest BCUT2D eigenvalue weighted by Crippen LogP contribution is -2.42. The van der Waals surface area contributed by atoms with Crippen LogP contribution in [0.2, 0.25) is 0 Å². The molecule has 5 nitrogen and oxygen atoms in total. The molecule has 0 radical (unpaired) electrons. The first-order valence-electron chi connectivity index (χ1n) is 7.61. The Morgan fingerprint density at radius 1 is 1.45 bits per heavy atom. The summed E-state index contributed by atoms with van der Waals surface area (Å²) in [5, 5.41) is 14.5. The molecule has 1 saturated heterocycles. The number of piperidine rings is 1. The maximum atomic E-state index is 11.4. The van der Waals surface area contributed by atoms with E-state index in [2.05, 4.69) is 24.8 Å². The molecular formula is C16H23N3O2S. The van der Waals surface area contributed by atoms with Crippen LogP contribution in [0, 0.1) is 16.7 Å². The summed E-state index contributed by atoms with van der Waals surface area (Å²) in [6, 6.07) is 6.66. The van der Waals surface area contributed by atoms with Gasteiger partial charge in [0, 0.05) is 13.1 Å². The van der Waals surface area contributed by atoms with Crippen LogP contribution in [0.3, 0.4) is 0 Å². The molecule has 1 heterocycles. The first kappa shape index (κ1) is 16.8. The fraction of sp³-hybridized carbons (Fsp3) is 0.562. The lowest BCUT2D eigenvalue weighted by atomic mass is 9.78. The zero-order valence-electron chi connectivity index (χ0n) is 13.2. The highest BCUT2D eigenvalue weighted by Gasteiger charge is 2.31. The molecule has 1 aromatic carbocycles. The molecule has 1 atom stereocenters. The maximum absolute atomic E-state index is 11.4. The third-order valence-electron chi connectivity index (χ3n) is 4.39. The van der Waals surface area contributed by atoms with Crippen molar-refractivity contribution < 1.29 is 8.42 Å². The molecule has 0 saturated carbocycles. The van der Waals surface area contributed by atoms with E-state index in [9.17, 15) is 13.7 Å². The number of nitriles is 1. The van der Waals surface area contributed by atoms with Gasteiger partial charge in [-0.3, -0.25) is 0 Å². The summed E-state index contributed by atoms with van der Waals surface area (Å²) in [5.74, 6) is 0. The van der Waals surface area contributed by atoms with Gasteiger partial charge in [-0.15, -0.1) is 0 Å². The summed E-state index contributed by atoms with van der Waals surface area (Å²) in [4.78, 5) is 2.19. The zero-order valence-corrected chi connectivity index (χ0v) is 14.0. The van der Waals surface area contributed by atoms with Crippen molar-refractivity contribution in [1.29, 1.82) is 5.26 Å². The van der Waals surface area contributed by atoms with Crippen LogP contribution in [0.15, 0.2) is 23.1 Å². The number of rotatable bonds is 4. The molecule has 120 valence electrons. The van der Waals surface area contributed by atoms with E-state index >= 15 is 0 Å². The molecule has 0 aliphatic carbocycles. The van der Waals surface area contributed by atoms with Crippen LogP contribution in [-0.2, 0) is 10.0 Å². The molecule has 2 N–H and O–H groups in total. The van der Waals surface area contributed by atoms with Crippen molar-refractivity contribution in [2.45, 2.75) is 44.4 Å². The Morgan fingerprint density at radius 3 is 2.77 bits per heavy atom. The summed E-state index contributed by atoms with van der Waals surface area (Å²) in [5.41, 5.74) is 1.42. The molecular weight excluding hydrogens is 298 g/mol. The lowest BCUT2D eigenvalue weighted by Gasteiger charge is -2.42. The summed E-state index contributed by atoms with van der Waals surface area (Å²) in [7, 11) is -3.78. The van der Waals surface area contributed by atoms with Gasteiger partial charge in [-0.2, -0.15) is 5.26 Å². The van der Waals surface area contributed by atoms with Gasteiger partial charge in [0.1, 0.15) is 6.07 Å². The van der Waals surface area contributed by atoms with Gasteiger partial charge in [0.25, 0.3) is 0 Å². The van der Waals surface area contributed by atoms with Gasteiger partial charge in [-0.05, 0) is 42.9 Å². The number of nitrogens with two attached hydrogens (primary N) is 1. The average molecular weight is 321 g/mol. The summed E-state index contributed by atoms with van der Waals surface area (Å²) < 4.78 is 22.9. The third-order valence-corrected chi connectivity index (χ3v) is 5.30. The molecule has 1 unspecified atom stereocenters. The molecule has 1 aromatic rings. The Hall–Kier alpha value is -1.58. The van der Waals surface area contributed by atoms with Gasteiger partial charge >= 0.3 is 0 Å². The largest absolute Gasteiger partial charge is 0.370 e. The number of hydrogen-bond acceptors (Lipinski definition) is 4. The Kier molecular flexibility index (Phi) is 4.78. The van der Waals surface area contributed by atoms with Gasteiger partial charge in [0.2, 0.25) is 10.0 Å². The smallest absolute Gasteiger partial charge is 0.238 e. The topological polar surface area (TPSA) is 87.2 Å². The molecule has 2 rings (SSSR count). The van der Waals surface area contributed by atoms with Gasteiger partial charge < -0.3 is 4.90 Å². The first-order valence-corrected chi connectivity index (χ1v) is 9.15. The number of anilines is 1. The molecule has 1 aliphatic heterocycles. The minimum atomic E-state index is -3.78. The SMILES string of the molecule is CCCC1(C)CCCN(c2ccc(S(N)(=O)=O)cc2C#N)C1. The Labute approximate surface area is 132 Å². The molecule has 0 aromatic heterocycles. The van der Waals surface area contributed by atoms with Gasteiger partial charge in [-0.25, -0.2) is 13.6 Å². The van der Waals surface area contributed by atoms with Gasteiger partial charge in [0.05, 0.1) is 16.1 Å². The minimum Gasteiger partial charge on any atom is -0.370 e. The van der Waals surface area contributed by atoms with Crippen LogP contribution in [0.25, 0.3) is 0 Å². The summed E-state index contributed by atoms with van der Waals surface area (Å²) in [6.45, 7) is 6.26. The van der Waals surface area contributed by atoms with E-state index in [1.807, 2.05) is 0 Å². The fourth-order valence-electron chi connectivity index (χ4n) is 3.39. The quantitative estimate of drug-likeness (QED) is 0.923. The van der Waals surface area contributed by atoms with Crippen molar-refractivity contribution in [3.63, 3.8) is 0 Å². The lowest BCUT2D eigenvalue weighted by molar-refractivity contribution is 0.239. The number of hydrogen-bond donors (Lipinski definition) is 1. The summed E-state index contributed by atoms with van der Waals surface area (Å²) >= 11 is 0.